The fourth-order valence-electron chi connectivity index (χ4n) is 0.951. The first kappa shape index (κ1) is 8.85. The lowest BCUT2D eigenvalue weighted by Crippen LogP contribution is -2.00. The second kappa shape index (κ2) is 4.60. The van der Waals surface area contributed by atoms with E-state index in [0.29, 0.717) is 0 Å². The van der Waals surface area contributed by atoms with Gasteiger partial charge in [0.15, 0.2) is 0 Å². The normalized spacial score (nSPS) is 10.5. The van der Waals surface area contributed by atoms with Crippen LogP contribution in [0.4, 0.5) is 0 Å². The molecule has 0 heterocycles. The van der Waals surface area contributed by atoms with Crippen LogP contribution in [0.1, 0.15) is 18.1 Å². The van der Waals surface area contributed by atoms with Gasteiger partial charge in [-0.15, -0.1) is 0 Å². The van der Waals surface area contributed by atoms with Crippen LogP contribution in [0, 0.1) is 6.92 Å². The molecule has 0 spiro atoms. The highest BCUT2D eigenvalue weighted by atomic mass is 14.8. The summed E-state index contributed by atoms with van der Waals surface area (Å²) in [6.07, 6.45) is 4.05. The van der Waals surface area contributed by atoms with Crippen molar-refractivity contribution in [3.8, 4) is 0 Å². The van der Waals surface area contributed by atoms with Crippen molar-refractivity contribution in [3.63, 3.8) is 0 Å². The second-order valence-corrected chi connectivity index (χ2v) is 2.80. The highest BCUT2D eigenvalue weighted by Gasteiger charge is 1.84. The van der Waals surface area contributed by atoms with Crippen molar-refractivity contribution in [2.24, 2.45) is 0 Å². The van der Waals surface area contributed by atoms with Crippen molar-refractivity contribution in [1.82, 2.24) is 5.32 Å². The monoisotopic (exact) mass is 161 g/mol. The van der Waals surface area contributed by atoms with Crippen LogP contribution >= 0.6 is 0 Å². The molecule has 0 saturated carbocycles. The fraction of sp³-hybridized carbons (Fsp3) is 0.273. The summed E-state index contributed by atoms with van der Waals surface area (Å²) in [5, 5.41) is 3.13. The summed E-state index contributed by atoms with van der Waals surface area (Å²) < 4.78 is 0. The molecule has 1 nitrogen and oxygen atoms in total. The van der Waals surface area contributed by atoms with E-state index in [9.17, 15) is 0 Å². The van der Waals surface area contributed by atoms with E-state index in [1.165, 1.54) is 11.1 Å². The third-order valence-electron chi connectivity index (χ3n) is 1.68. The Balaban J connectivity index is 2.58. The Kier molecular flexibility index (Phi) is 3.39. The Hall–Kier alpha value is -1.24. The lowest BCUT2D eigenvalue weighted by Gasteiger charge is -1.95. The summed E-state index contributed by atoms with van der Waals surface area (Å²) in [6.45, 7) is 5.15. The maximum atomic E-state index is 3.13. The minimum Gasteiger partial charge on any atom is -0.391 e. The first-order chi connectivity index (χ1) is 5.83. The molecule has 1 aromatic rings. The summed E-state index contributed by atoms with van der Waals surface area (Å²) in [7, 11) is 0. The molecule has 1 aromatic carbocycles. The topological polar surface area (TPSA) is 12.0 Å². The SMILES string of the molecule is CCNC=Cc1ccc(C)cc1. The van der Waals surface area contributed by atoms with Crippen molar-refractivity contribution in [3.05, 3.63) is 41.6 Å². The molecule has 1 rings (SSSR count). The molecule has 0 aliphatic carbocycles. The van der Waals surface area contributed by atoms with E-state index >= 15 is 0 Å². The molecule has 0 fully saturated rings. The average molecular weight is 161 g/mol. The summed E-state index contributed by atoms with van der Waals surface area (Å²) >= 11 is 0. The predicted octanol–water partition coefficient (Wildman–Crippen LogP) is 2.58. The molecule has 0 amide bonds. The minimum absolute atomic E-state index is 0.975. The summed E-state index contributed by atoms with van der Waals surface area (Å²) in [5.74, 6) is 0. The Bertz CT molecular complexity index is 246. The van der Waals surface area contributed by atoms with Crippen molar-refractivity contribution < 1.29 is 0 Å². The van der Waals surface area contributed by atoms with Gasteiger partial charge in [0, 0.05) is 6.54 Å². The third kappa shape index (κ3) is 2.79. The number of rotatable bonds is 3. The van der Waals surface area contributed by atoms with E-state index in [4.69, 9.17) is 0 Å². The van der Waals surface area contributed by atoms with Crippen LogP contribution in [0.15, 0.2) is 30.5 Å². The molecule has 0 aliphatic rings. The van der Waals surface area contributed by atoms with Crippen LogP contribution < -0.4 is 5.32 Å². The first-order valence-electron chi connectivity index (χ1n) is 4.29. The zero-order valence-corrected chi connectivity index (χ0v) is 7.67. The molecular formula is C11H15N. The van der Waals surface area contributed by atoms with Crippen molar-refractivity contribution in [2.75, 3.05) is 6.54 Å². The predicted molar refractivity (Wildman–Crippen MR) is 53.9 cm³/mol. The molecule has 0 radical (unpaired) electrons. The van der Waals surface area contributed by atoms with Gasteiger partial charge in [-0.25, -0.2) is 0 Å². The van der Waals surface area contributed by atoms with Gasteiger partial charge in [-0.1, -0.05) is 29.8 Å². The van der Waals surface area contributed by atoms with Gasteiger partial charge in [0.05, 0.1) is 0 Å². The van der Waals surface area contributed by atoms with E-state index in [2.05, 4.69) is 49.5 Å². The third-order valence-corrected chi connectivity index (χ3v) is 1.68. The molecular weight excluding hydrogens is 146 g/mol. The zero-order chi connectivity index (χ0) is 8.81. The van der Waals surface area contributed by atoms with E-state index in [-0.39, 0.29) is 0 Å². The van der Waals surface area contributed by atoms with Crippen LogP contribution in [0.3, 0.4) is 0 Å². The van der Waals surface area contributed by atoms with Gasteiger partial charge >= 0.3 is 0 Å². The molecule has 0 atom stereocenters. The number of aryl methyl sites for hydroxylation is 1. The van der Waals surface area contributed by atoms with Gasteiger partial charge in [-0.05, 0) is 31.7 Å². The van der Waals surface area contributed by atoms with E-state index < -0.39 is 0 Å². The number of nitrogens with one attached hydrogen (secondary N) is 1. The number of benzene rings is 1. The Morgan fingerprint density at radius 2 is 1.92 bits per heavy atom. The van der Waals surface area contributed by atoms with Gasteiger partial charge in [0.2, 0.25) is 0 Å². The number of hydrogen-bond donors (Lipinski definition) is 1. The quantitative estimate of drug-likeness (QED) is 0.718. The number of hydrogen-bond acceptors (Lipinski definition) is 1. The molecule has 64 valence electrons. The molecule has 12 heavy (non-hydrogen) atoms. The molecule has 0 bridgehead atoms. The zero-order valence-electron chi connectivity index (χ0n) is 7.67. The van der Waals surface area contributed by atoms with Crippen molar-refractivity contribution in [2.45, 2.75) is 13.8 Å². The van der Waals surface area contributed by atoms with Crippen molar-refractivity contribution in [1.29, 1.82) is 0 Å². The Morgan fingerprint density at radius 3 is 2.50 bits per heavy atom. The van der Waals surface area contributed by atoms with Crippen LogP contribution in [0.2, 0.25) is 0 Å². The molecule has 0 aromatic heterocycles. The first-order valence-corrected chi connectivity index (χ1v) is 4.29. The van der Waals surface area contributed by atoms with E-state index in [1.807, 2.05) is 6.20 Å². The molecule has 0 aliphatic heterocycles. The summed E-state index contributed by atoms with van der Waals surface area (Å²) in [4.78, 5) is 0. The maximum Gasteiger partial charge on any atom is 0.0113 e. The van der Waals surface area contributed by atoms with Crippen LogP contribution in [-0.2, 0) is 0 Å². The lowest BCUT2D eigenvalue weighted by atomic mass is 10.1. The molecule has 1 heteroatoms. The van der Waals surface area contributed by atoms with E-state index in [0.717, 1.165) is 6.54 Å². The summed E-state index contributed by atoms with van der Waals surface area (Å²) in [6, 6.07) is 8.46. The van der Waals surface area contributed by atoms with Crippen LogP contribution in [0.25, 0.3) is 6.08 Å². The standard InChI is InChI=1S/C11H15N/c1-3-12-9-8-11-6-4-10(2)5-7-11/h4-9,12H,3H2,1-2H3. The molecule has 0 unspecified atom stereocenters. The van der Waals surface area contributed by atoms with Gasteiger partial charge in [0.25, 0.3) is 0 Å². The summed E-state index contributed by atoms with van der Waals surface area (Å²) in [5.41, 5.74) is 2.54. The minimum atomic E-state index is 0.975. The maximum absolute atomic E-state index is 3.13. The van der Waals surface area contributed by atoms with Gasteiger partial charge < -0.3 is 5.32 Å². The second-order valence-electron chi connectivity index (χ2n) is 2.80. The lowest BCUT2D eigenvalue weighted by molar-refractivity contribution is 0.924. The Labute approximate surface area is 74.1 Å². The smallest absolute Gasteiger partial charge is 0.0113 e. The van der Waals surface area contributed by atoms with Crippen molar-refractivity contribution >= 4 is 6.08 Å². The fourth-order valence-corrected chi connectivity index (χ4v) is 0.951. The van der Waals surface area contributed by atoms with Gasteiger partial charge in [-0.3, -0.25) is 0 Å². The average Bonchev–Trinajstić information content (AvgIpc) is 2.09. The van der Waals surface area contributed by atoms with E-state index in [1.54, 1.807) is 0 Å². The molecule has 0 saturated heterocycles. The Morgan fingerprint density at radius 1 is 1.25 bits per heavy atom. The van der Waals surface area contributed by atoms with Crippen LogP contribution in [-0.4, -0.2) is 6.54 Å². The highest BCUT2D eigenvalue weighted by molar-refractivity contribution is 5.49. The van der Waals surface area contributed by atoms with Gasteiger partial charge in [-0.2, -0.15) is 0 Å². The van der Waals surface area contributed by atoms with Crippen LogP contribution in [0.5, 0.6) is 0 Å². The largest absolute Gasteiger partial charge is 0.391 e. The highest BCUT2D eigenvalue weighted by Crippen LogP contribution is 2.03. The van der Waals surface area contributed by atoms with Gasteiger partial charge in [0.1, 0.15) is 0 Å². The molecule has 1 N–H and O–H groups in total.